The standard InChI is InChI=1S/C27H28FNO5S/c1-3-4-5-6-9-16-33-27(30)25-18(2)34-26-22-11-8-7-10-21(22)24(17-23(25)26)29-35(31,32)20-14-12-19(28)13-15-20/h7-8,10-15,17,29H,3-6,9,16H2,1-2H3. The second kappa shape index (κ2) is 10.5. The number of esters is 1. The second-order valence-corrected chi connectivity index (χ2v) is 10.2. The van der Waals surface area contributed by atoms with Crippen LogP contribution in [0.25, 0.3) is 21.7 Å². The van der Waals surface area contributed by atoms with E-state index in [1.54, 1.807) is 31.2 Å². The van der Waals surface area contributed by atoms with E-state index in [-0.39, 0.29) is 16.1 Å². The molecule has 0 bridgehead atoms. The van der Waals surface area contributed by atoms with Crippen LogP contribution in [0.3, 0.4) is 0 Å². The number of ether oxygens (including phenoxy) is 1. The van der Waals surface area contributed by atoms with Crippen LogP contribution in [0.15, 0.2) is 63.9 Å². The van der Waals surface area contributed by atoms with Crippen LogP contribution in [0.4, 0.5) is 10.1 Å². The molecule has 1 aromatic heterocycles. The van der Waals surface area contributed by atoms with Gasteiger partial charge in [-0.3, -0.25) is 4.72 Å². The molecule has 4 aromatic rings. The molecule has 8 heteroatoms. The minimum Gasteiger partial charge on any atom is -0.462 e. The van der Waals surface area contributed by atoms with Gasteiger partial charge in [0.2, 0.25) is 0 Å². The van der Waals surface area contributed by atoms with Crippen molar-refractivity contribution in [1.29, 1.82) is 0 Å². The quantitative estimate of drug-likeness (QED) is 0.189. The van der Waals surface area contributed by atoms with Gasteiger partial charge in [0.1, 0.15) is 22.7 Å². The maximum atomic E-state index is 13.3. The lowest BCUT2D eigenvalue weighted by Crippen LogP contribution is -2.13. The summed E-state index contributed by atoms with van der Waals surface area (Å²) in [6.45, 7) is 4.14. The zero-order chi connectivity index (χ0) is 25.0. The molecule has 3 aromatic carbocycles. The van der Waals surface area contributed by atoms with Crippen molar-refractivity contribution < 1.29 is 26.8 Å². The van der Waals surface area contributed by atoms with Gasteiger partial charge in [-0.15, -0.1) is 0 Å². The summed E-state index contributed by atoms with van der Waals surface area (Å²) in [5, 5.41) is 1.73. The highest BCUT2D eigenvalue weighted by Gasteiger charge is 2.24. The smallest absolute Gasteiger partial charge is 0.342 e. The maximum absolute atomic E-state index is 13.3. The Hall–Kier alpha value is -3.39. The van der Waals surface area contributed by atoms with Gasteiger partial charge in [-0.05, 0) is 43.7 Å². The van der Waals surface area contributed by atoms with Crippen LogP contribution in [0.1, 0.15) is 55.1 Å². The average Bonchev–Trinajstić information content (AvgIpc) is 3.17. The van der Waals surface area contributed by atoms with Gasteiger partial charge >= 0.3 is 5.97 Å². The minimum atomic E-state index is -4.01. The van der Waals surface area contributed by atoms with Crippen molar-refractivity contribution in [2.45, 2.75) is 50.8 Å². The molecule has 0 aliphatic heterocycles. The Balaban J connectivity index is 1.70. The molecule has 0 unspecified atom stereocenters. The lowest BCUT2D eigenvalue weighted by Gasteiger charge is -2.12. The Kier molecular flexibility index (Phi) is 7.40. The normalized spacial score (nSPS) is 11.7. The number of fused-ring (bicyclic) bond motifs is 3. The van der Waals surface area contributed by atoms with Crippen molar-refractivity contribution in [3.8, 4) is 0 Å². The van der Waals surface area contributed by atoms with Gasteiger partial charge in [0.25, 0.3) is 10.0 Å². The molecule has 184 valence electrons. The highest BCUT2D eigenvalue weighted by molar-refractivity contribution is 7.92. The molecule has 35 heavy (non-hydrogen) atoms. The van der Waals surface area contributed by atoms with Crippen LogP contribution >= 0.6 is 0 Å². The number of aryl methyl sites for hydroxylation is 1. The van der Waals surface area contributed by atoms with Crippen LogP contribution < -0.4 is 4.72 Å². The number of sulfonamides is 1. The monoisotopic (exact) mass is 497 g/mol. The zero-order valence-electron chi connectivity index (χ0n) is 19.8. The number of rotatable bonds is 10. The number of nitrogens with one attached hydrogen (secondary N) is 1. The minimum absolute atomic E-state index is 0.0749. The average molecular weight is 498 g/mol. The Labute approximate surface area is 204 Å². The predicted molar refractivity (Wildman–Crippen MR) is 135 cm³/mol. The van der Waals surface area contributed by atoms with Gasteiger partial charge in [-0.1, -0.05) is 56.9 Å². The van der Waals surface area contributed by atoms with Gasteiger partial charge in [0.15, 0.2) is 0 Å². The molecule has 0 aliphatic rings. The zero-order valence-corrected chi connectivity index (χ0v) is 20.6. The topological polar surface area (TPSA) is 85.6 Å². The maximum Gasteiger partial charge on any atom is 0.342 e. The van der Waals surface area contributed by atoms with E-state index < -0.39 is 21.8 Å². The van der Waals surface area contributed by atoms with Crippen molar-refractivity contribution in [3.05, 3.63) is 71.7 Å². The number of anilines is 1. The Bertz CT molecular complexity index is 1460. The van der Waals surface area contributed by atoms with Gasteiger partial charge in [0.05, 0.1) is 17.2 Å². The molecule has 0 atom stereocenters. The van der Waals surface area contributed by atoms with Crippen molar-refractivity contribution in [2.75, 3.05) is 11.3 Å². The molecule has 0 fully saturated rings. The third-order valence-corrected chi connectivity index (χ3v) is 7.31. The summed E-state index contributed by atoms with van der Waals surface area (Å²) in [7, 11) is -4.01. The molecule has 0 spiro atoms. The van der Waals surface area contributed by atoms with E-state index >= 15 is 0 Å². The lowest BCUT2D eigenvalue weighted by molar-refractivity contribution is 0.0497. The van der Waals surface area contributed by atoms with E-state index in [0.29, 0.717) is 34.1 Å². The number of benzene rings is 3. The number of unbranched alkanes of at least 4 members (excludes halogenated alkanes) is 4. The highest BCUT2D eigenvalue weighted by atomic mass is 32.2. The molecule has 0 aliphatic carbocycles. The summed E-state index contributed by atoms with van der Waals surface area (Å²) in [5.41, 5.74) is 1.05. The largest absolute Gasteiger partial charge is 0.462 e. The molecule has 1 N–H and O–H groups in total. The molecule has 0 amide bonds. The number of hydrogen-bond donors (Lipinski definition) is 1. The summed E-state index contributed by atoms with van der Waals surface area (Å²) in [4.78, 5) is 12.9. The van der Waals surface area contributed by atoms with Crippen molar-refractivity contribution >= 4 is 43.4 Å². The molecular formula is C27H28FNO5S. The summed E-state index contributed by atoms with van der Waals surface area (Å²) in [5.74, 6) is -0.628. The van der Waals surface area contributed by atoms with E-state index in [4.69, 9.17) is 9.15 Å². The SMILES string of the molecule is CCCCCCCOC(=O)c1c(C)oc2c1cc(NS(=O)(=O)c1ccc(F)cc1)c1ccccc12. The van der Waals surface area contributed by atoms with Gasteiger partial charge in [0, 0.05) is 16.2 Å². The summed E-state index contributed by atoms with van der Waals surface area (Å²) in [6.07, 6.45) is 5.17. The first kappa shape index (κ1) is 24.7. The van der Waals surface area contributed by atoms with Crippen LogP contribution in [-0.4, -0.2) is 21.0 Å². The van der Waals surface area contributed by atoms with E-state index in [9.17, 15) is 17.6 Å². The van der Waals surface area contributed by atoms with Gasteiger partial charge < -0.3 is 9.15 Å². The summed E-state index contributed by atoms with van der Waals surface area (Å²) >= 11 is 0. The van der Waals surface area contributed by atoms with E-state index in [2.05, 4.69) is 11.6 Å². The number of hydrogen-bond acceptors (Lipinski definition) is 5. The number of halogens is 1. The molecule has 6 nitrogen and oxygen atoms in total. The predicted octanol–water partition coefficient (Wildman–Crippen LogP) is 6.96. The Morgan fingerprint density at radius 3 is 2.37 bits per heavy atom. The van der Waals surface area contributed by atoms with Gasteiger partial charge in [-0.2, -0.15) is 0 Å². The molecule has 1 heterocycles. The molecular weight excluding hydrogens is 469 g/mol. The van der Waals surface area contributed by atoms with Crippen LogP contribution in [0.2, 0.25) is 0 Å². The number of carbonyl (C=O) groups excluding carboxylic acids is 1. The first-order valence-corrected chi connectivity index (χ1v) is 13.2. The molecule has 4 rings (SSSR count). The lowest BCUT2D eigenvalue weighted by atomic mass is 10.0. The van der Waals surface area contributed by atoms with E-state index in [1.807, 2.05) is 6.07 Å². The van der Waals surface area contributed by atoms with Crippen molar-refractivity contribution in [3.63, 3.8) is 0 Å². The first-order chi connectivity index (χ1) is 16.8. The highest BCUT2D eigenvalue weighted by Crippen LogP contribution is 2.37. The fraction of sp³-hybridized carbons (Fsp3) is 0.296. The summed E-state index contributed by atoms with van der Waals surface area (Å²) < 4.78 is 53.4. The molecule has 0 saturated heterocycles. The second-order valence-electron chi connectivity index (χ2n) is 8.49. The number of carbonyl (C=O) groups is 1. The van der Waals surface area contributed by atoms with E-state index in [1.165, 1.54) is 12.1 Å². The van der Waals surface area contributed by atoms with Gasteiger partial charge in [-0.25, -0.2) is 17.6 Å². The van der Waals surface area contributed by atoms with Crippen LogP contribution in [0.5, 0.6) is 0 Å². The van der Waals surface area contributed by atoms with E-state index in [0.717, 1.165) is 44.2 Å². The fourth-order valence-corrected chi connectivity index (χ4v) is 5.21. The summed E-state index contributed by atoms with van der Waals surface area (Å²) in [6, 6.07) is 13.3. The van der Waals surface area contributed by atoms with Crippen molar-refractivity contribution in [2.24, 2.45) is 0 Å². The Morgan fingerprint density at radius 2 is 1.66 bits per heavy atom. The third-order valence-electron chi connectivity index (χ3n) is 5.93. The third kappa shape index (κ3) is 5.32. The van der Waals surface area contributed by atoms with Crippen LogP contribution in [-0.2, 0) is 14.8 Å². The molecule has 0 radical (unpaired) electrons. The molecule has 0 saturated carbocycles. The van der Waals surface area contributed by atoms with Crippen molar-refractivity contribution in [1.82, 2.24) is 0 Å². The van der Waals surface area contributed by atoms with Crippen LogP contribution in [0, 0.1) is 12.7 Å². The fourth-order valence-electron chi connectivity index (χ4n) is 4.14. The Morgan fingerprint density at radius 1 is 0.971 bits per heavy atom. The number of furan rings is 1. The first-order valence-electron chi connectivity index (χ1n) is 11.7.